The molecule has 1 N–H and O–H groups in total. The predicted octanol–water partition coefficient (Wildman–Crippen LogP) is 1.68. The van der Waals surface area contributed by atoms with E-state index in [1.165, 1.54) is 5.56 Å². The Bertz CT molecular complexity index is 314. The van der Waals surface area contributed by atoms with E-state index in [9.17, 15) is 4.79 Å². The lowest BCUT2D eigenvalue weighted by Crippen LogP contribution is -2.32. The zero-order valence-corrected chi connectivity index (χ0v) is 8.78. The van der Waals surface area contributed by atoms with Crippen molar-refractivity contribution in [2.75, 3.05) is 0 Å². The van der Waals surface area contributed by atoms with Crippen LogP contribution in [0, 0.1) is 0 Å². The molecule has 0 aliphatic heterocycles. The molecule has 1 fully saturated rings. The van der Waals surface area contributed by atoms with Crippen LogP contribution in [-0.2, 0) is 11.3 Å². The molecule has 0 aromatic carbocycles. The highest BCUT2D eigenvalue weighted by atomic mass is 16.1. The first-order chi connectivity index (χ1) is 7.34. The van der Waals surface area contributed by atoms with Crippen LogP contribution < -0.4 is 5.32 Å². The second-order valence-electron chi connectivity index (χ2n) is 4.06. The van der Waals surface area contributed by atoms with Gasteiger partial charge in [0.1, 0.15) is 5.78 Å². The number of Topliss-reactive ketones (excluding diaryl/α,β-unsaturated/α-hetero) is 1. The van der Waals surface area contributed by atoms with Crippen molar-refractivity contribution in [1.82, 2.24) is 10.3 Å². The third kappa shape index (κ3) is 3.13. The average molecular weight is 204 g/mol. The van der Waals surface area contributed by atoms with Gasteiger partial charge in [0.15, 0.2) is 0 Å². The van der Waals surface area contributed by atoms with Crippen LogP contribution in [0.5, 0.6) is 0 Å². The maximum atomic E-state index is 11.0. The fourth-order valence-corrected chi connectivity index (χ4v) is 1.91. The molecule has 1 aromatic rings. The number of carbonyl (C=O) groups excluding carboxylic acids is 1. The maximum Gasteiger partial charge on any atom is 0.133 e. The Morgan fingerprint density at radius 2 is 2.20 bits per heavy atom. The number of ketones is 1. The first-order valence-corrected chi connectivity index (χ1v) is 5.48. The second-order valence-corrected chi connectivity index (χ2v) is 4.06. The van der Waals surface area contributed by atoms with E-state index in [0.29, 0.717) is 11.8 Å². The van der Waals surface area contributed by atoms with Crippen LogP contribution in [0.1, 0.15) is 31.2 Å². The van der Waals surface area contributed by atoms with Gasteiger partial charge in [0.05, 0.1) is 0 Å². The quantitative estimate of drug-likeness (QED) is 0.814. The first-order valence-electron chi connectivity index (χ1n) is 5.48. The van der Waals surface area contributed by atoms with Crippen LogP contribution in [0.25, 0.3) is 0 Å². The molecule has 1 aliphatic rings. The molecule has 3 heteroatoms. The van der Waals surface area contributed by atoms with E-state index in [0.717, 1.165) is 32.2 Å². The smallest absolute Gasteiger partial charge is 0.133 e. The van der Waals surface area contributed by atoms with Crippen LogP contribution in [0.3, 0.4) is 0 Å². The van der Waals surface area contributed by atoms with Crippen molar-refractivity contribution in [2.24, 2.45) is 0 Å². The van der Waals surface area contributed by atoms with Gasteiger partial charge < -0.3 is 5.32 Å². The van der Waals surface area contributed by atoms with Crippen molar-refractivity contribution >= 4 is 5.78 Å². The molecule has 15 heavy (non-hydrogen) atoms. The summed E-state index contributed by atoms with van der Waals surface area (Å²) < 4.78 is 0. The number of rotatable bonds is 3. The summed E-state index contributed by atoms with van der Waals surface area (Å²) in [4.78, 5) is 15.1. The first kappa shape index (κ1) is 10.3. The molecule has 0 bridgehead atoms. The van der Waals surface area contributed by atoms with Gasteiger partial charge in [0, 0.05) is 37.8 Å². The van der Waals surface area contributed by atoms with E-state index in [1.807, 2.05) is 12.3 Å². The Balaban J connectivity index is 1.77. The number of nitrogens with zero attached hydrogens (tertiary/aromatic N) is 1. The van der Waals surface area contributed by atoms with Gasteiger partial charge in [-0.2, -0.15) is 0 Å². The molecule has 0 saturated heterocycles. The minimum Gasteiger partial charge on any atom is -0.310 e. The Morgan fingerprint density at radius 1 is 1.40 bits per heavy atom. The zero-order valence-electron chi connectivity index (χ0n) is 8.78. The monoisotopic (exact) mass is 204 g/mol. The van der Waals surface area contributed by atoms with Gasteiger partial charge in [0.25, 0.3) is 0 Å². The molecule has 0 radical (unpaired) electrons. The highest BCUT2D eigenvalue weighted by molar-refractivity contribution is 5.79. The number of carbonyl (C=O) groups is 1. The van der Waals surface area contributed by atoms with E-state index in [4.69, 9.17) is 0 Å². The molecule has 0 spiro atoms. The summed E-state index contributed by atoms with van der Waals surface area (Å²) in [5.41, 5.74) is 1.20. The van der Waals surface area contributed by atoms with Crippen molar-refractivity contribution in [3.63, 3.8) is 0 Å². The van der Waals surface area contributed by atoms with E-state index in [2.05, 4.69) is 16.4 Å². The molecule has 0 atom stereocenters. The molecule has 0 unspecified atom stereocenters. The molecule has 80 valence electrons. The number of nitrogens with one attached hydrogen (secondary N) is 1. The standard InChI is InChI=1S/C12H16N2O/c15-12-5-3-11(4-6-12)14-9-10-2-1-7-13-8-10/h1-2,7-8,11,14H,3-6,9H2. The molecular weight excluding hydrogens is 188 g/mol. The minimum absolute atomic E-state index is 0.412. The van der Waals surface area contributed by atoms with Crippen molar-refractivity contribution in [3.8, 4) is 0 Å². The SMILES string of the molecule is O=C1CCC(NCc2cccnc2)CC1. The van der Waals surface area contributed by atoms with Crippen molar-refractivity contribution < 1.29 is 4.79 Å². The lowest BCUT2D eigenvalue weighted by molar-refractivity contribution is -0.120. The topological polar surface area (TPSA) is 42.0 Å². The van der Waals surface area contributed by atoms with Crippen LogP contribution in [-0.4, -0.2) is 16.8 Å². The van der Waals surface area contributed by atoms with Gasteiger partial charge in [-0.15, -0.1) is 0 Å². The predicted molar refractivity (Wildman–Crippen MR) is 58.3 cm³/mol. The lowest BCUT2D eigenvalue weighted by Gasteiger charge is -2.22. The average Bonchev–Trinajstić information content (AvgIpc) is 2.30. The third-order valence-corrected chi connectivity index (χ3v) is 2.86. The van der Waals surface area contributed by atoms with Gasteiger partial charge in [-0.05, 0) is 24.5 Å². The Hall–Kier alpha value is -1.22. The molecule has 3 nitrogen and oxygen atoms in total. The van der Waals surface area contributed by atoms with Crippen LogP contribution in [0.4, 0.5) is 0 Å². The summed E-state index contributed by atoms with van der Waals surface area (Å²) in [6.07, 6.45) is 7.11. The van der Waals surface area contributed by atoms with Crippen molar-refractivity contribution in [3.05, 3.63) is 30.1 Å². The highest BCUT2D eigenvalue weighted by Gasteiger charge is 2.17. The summed E-state index contributed by atoms with van der Waals surface area (Å²) in [6, 6.07) is 4.51. The number of hydrogen-bond donors (Lipinski definition) is 1. The fourth-order valence-electron chi connectivity index (χ4n) is 1.91. The molecule has 1 heterocycles. The van der Waals surface area contributed by atoms with Gasteiger partial charge >= 0.3 is 0 Å². The third-order valence-electron chi connectivity index (χ3n) is 2.86. The van der Waals surface area contributed by atoms with Crippen LogP contribution >= 0.6 is 0 Å². The van der Waals surface area contributed by atoms with Crippen LogP contribution in [0.15, 0.2) is 24.5 Å². The van der Waals surface area contributed by atoms with Crippen molar-refractivity contribution in [1.29, 1.82) is 0 Å². The van der Waals surface area contributed by atoms with E-state index in [1.54, 1.807) is 6.20 Å². The van der Waals surface area contributed by atoms with Gasteiger partial charge in [-0.3, -0.25) is 9.78 Å². The van der Waals surface area contributed by atoms with Gasteiger partial charge in [0.2, 0.25) is 0 Å². The molecule has 1 saturated carbocycles. The minimum atomic E-state index is 0.412. The molecule has 2 rings (SSSR count). The molecule has 1 aliphatic carbocycles. The van der Waals surface area contributed by atoms with Gasteiger partial charge in [-0.1, -0.05) is 6.07 Å². The zero-order chi connectivity index (χ0) is 10.5. The van der Waals surface area contributed by atoms with E-state index >= 15 is 0 Å². The molecule has 1 aromatic heterocycles. The lowest BCUT2D eigenvalue weighted by atomic mass is 9.94. The normalized spacial score (nSPS) is 18.0. The Morgan fingerprint density at radius 3 is 2.87 bits per heavy atom. The highest BCUT2D eigenvalue weighted by Crippen LogP contribution is 2.15. The molecular formula is C12H16N2O. The fraction of sp³-hybridized carbons (Fsp3) is 0.500. The summed E-state index contributed by atoms with van der Waals surface area (Å²) in [5, 5.41) is 3.47. The number of pyridine rings is 1. The van der Waals surface area contributed by atoms with Crippen LogP contribution in [0.2, 0.25) is 0 Å². The Kier molecular flexibility index (Phi) is 3.45. The Labute approximate surface area is 89.9 Å². The van der Waals surface area contributed by atoms with Crippen molar-refractivity contribution in [2.45, 2.75) is 38.3 Å². The van der Waals surface area contributed by atoms with Gasteiger partial charge in [-0.25, -0.2) is 0 Å². The number of hydrogen-bond acceptors (Lipinski definition) is 3. The van der Waals surface area contributed by atoms with E-state index < -0.39 is 0 Å². The summed E-state index contributed by atoms with van der Waals surface area (Å²) in [7, 11) is 0. The second kappa shape index (κ2) is 5.03. The number of aromatic nitrogens is 1. The maximum absolute atomic E-state index is 11.0. The van der Waals surface area contributed by atoms with E-state index in [-0.39, 0.29) is 0 Å². The largest absolute Gasteiger partial charge is 0.310 e. The summed E-state index contributed by atoms with van der Waals surface area (Å²) >= 11 is 0. The summed E-state index contributed by atoms with van der Waals surface area (Å²) in [5.74, 6) is 0.412. The summed E-state index contributed by atoms with van der Waals surface area (Å²) in [6.45, 7) is 0.854. The molecule has 0 amide bonds.